The van der Waals surface area contributed by atoms with Crippen molar-refractivity contribution in [3.63, 3.8) is 0 Å². The number of nitrogens with one attached hydrogen (secondary N) is 1. The highest BCUT2D eigenvalue weighted by Gasteiger charge is 2.24. The minimum absolute atomic E-state index is 0.143. The number of hydrogen-bond acceptors (Lipinski definition) is 4. The zero-order valence-corrected chi connectivity index (χ0v) is 12.1. The van der Waals surface area contributed by atoms with E-state index in [0.717, 1.165) is 18.2 Å². The fourth-order valence-electron chi connectivity index (χ4n) is 2.06. The van der Waals surface area contributed by atoms with Gasteiger partial charge in [0, 0.05) is 24.5 Å². The quantitative estimate of drug-likeness (QED) is 0.828. The van der Waals surface area contributed by atoms with Gasteiger partial charge in [0.25, 0.3) is 11.5 Å². The van der Waals surface area contributed by atoms with E-state index in [0.29, 0.717) is 19.7 Å². The van der Waals surface area contributed by atoms with Crippen LogP contribution in [0.1, 0.15) is 23.3 Å². The fraction of sp³-hybridized carbons (Fsp3) is 0.583. The van der Waals surface area contributed by atoms with Gasteiger partial charge in [0.1, 0.15) is 5.69 Å². The molecule has 1 aromatic heterocycles. The molecule has 19 heavy (non-hydrogen) atoms. The van der Waals surface area contributed by atoms with Gasteiger partial charge in [-0.1, -0.05) is 15.9 Å². The first-order valence-corrected chi connectivity index (χ1v) is 7.35. The second-order valence-electron chi connectivity index (χ2n) is 4.36. The van der Waals surface area contributed by atoms with Gasteiger partial charge in [0.2, 0.25) is 0 Å². The molecule has 0 bridgehead atoms. The molecule has 1 amide bonds. The number of halogens is 1. The van der Waals surface area contributed by atoms with Crippen molar-refractivity contribution in [1.82, 2.24) is 15.1 Å². The standard InChI is InChI=1S/C12H16BrN3O3/c13-5-8-19-9-3-6-16(7-4-9)12(18)10-1-2-11(17)15-14-10/h1-2,9H,3-8H2,(H,15,17). The van der Waals surface area contributed by atoms with Crippen LogP contribution in [0.25, 0.3) is 0 Å². The highest BCUT2D eigenvalue weighted by Crippen LogP contribution is 2.15. The highest BCUT2D eigenvalue weighted by atomic mass is 79.9. The third kappa shape index (κ3) is 3.87. The monoisotopic (exact) mass is 329 g/mol. The molecule has 1 aromatic rings. The van der Waals surface area contributed by atoms with Crippen molar-refractivity contribution in [2.75, 3.05) is 25.0 Å². The zero-order valence-electron chi connectivity index (χ0n) is 10.5. The van der Waals surface area contributed by atoms with Crippen LogP contribution in [0.4, 0.5) is 0 Å². The van der Waals surface area contributed by atoms with Crippen molar-refractivity contribution in [3.05, 3.63) is 28.2 Å². The van der Waals surface area contributed by atoms with Gasteiger partial charge < -0.3 is 9.64 Å². The van der Waals surface area contributed by atoms with E-state index in [4.69, 9.17) is 4.74 Å². The minimum Gasteiger partial charge on any atom is -0.377 e. The summed E-state index contributed by atoms with van der Waals surface area (Å²) < 4.78 is 5.63. The van der Waals surface area contributed by atoms with Crippen LogP contribution in [0.5, 0.6) is 0 Å². The van der Waals surface area contributed by atoms with Gasteiger partial charge >= 0.3 is 0 Å². The number of ether oxygens (including phenoxy) is 1. The molecule has 0 aliphatic carbocycles. The second kappa shape index (κ2) is 6.81. The van der Waals surface area contributed by atoms with Gasteiger partial charge in [-0.25, -0.2) is 5.10 Å². The number of alkyl halides is 1. The maximum absolute atomic E-state index is 12.1. The molecule has 1 aliphatic heterocycles. The summed E-state index contributed by atoms with van der Waals surface area (Å²) in [5, 5.41) is 6.86. The molecule has 0 atom stereocenters. The fourth-order valence-corrected chi connectivity index (χ4v) is 2.25. The molecule has 2 heterocycles. The number of carbonyl (C=O) groups excluding carboxylic acids is 1. The molecule has 0 spiro atoms. The lowest BCUT2D eigenvalue weighted by Crippen LogP contribution is -2.41. The van der Waals surface area contributed by atoms with E-state index in [1.54, 1.807) is 4.90 Å². The number of aromatic nitrogens is 2. The molecule has 0 radical (unpaired) electrons. The van der Waals surface area contributed by atoms with Crippen molar-refractivity contribution >= 4 is 21.8 Å². The van der Waals surface area contributed by atoms with E-state index < -0.39 is 0 Å². The van der Waals surface area contributed by atoms with Crippen LogP contribution in [-0.2, 0) is 4.74 Å². The Morgan fingerprint density at radius 3 is 2.79 bits per heavy atom. The van der Waals surface area contributed by atoms with Gasteiger partial charge in [-0.05, 0) is 18.9 Å². The van der Waals surface area contributed by atoms with E-state index >= 15 is 0 Å². The Morgan fingerprint density at radius 2 is 2.21 bits per heavy atom. The number of piperidine rings is 1. The lowest BCUT2D eigenvalue weighted by Gasteiger charge is -2.31. The molecule has 1 N–H and O–H groups in total. The molecule has 0 aromatic carbocycles. The lowest BCUT2D eigenvalue weighted by molar-refractivity contribution is 0.0158. The molecule has 7 heteroatoms. The first-order valence-electron chi connectivity index (χ1n) is 6.23. The van der Waals surface area contributed by atoms with Crippen molar-refractivity contribution in [1.29, 1.82) is 0 Å². The Labute approximate surface area is 119 Å². The Balaban J connectivity index is 1.88. The zero-order chi connectivity index (χ0) is 13.7. The Morgan fingerprint density at radius 1 is 1.47 bits per heavy atom. The number of aromatic amines is 1. The summed E-state index contributed by atoms with van der Waals surface area (Å²) in [5.41, 5.74) is -0.0298. The van der Waals surface area contributed by atoms with Gasteiger partial charge in [0.05, 0.1) is 12.7 Å². The number of amides is 1. The highest BCUT2D eigenvalue weighted by molar-refractivity contribution is 9.09. The molecular formula is C12H16BrN3O3. The van der Waals surface area contributed by atoms with Gasteiger partial charge in [-0.15, -0.1) is 0 Å². The summed E-state index contributed by atoms with van der Waals surface area (Å²) in [6, 6.07) is 2.76. The van der Waals surface area contributed by atoms with Crippen LogP contribution in [-0.4, -0.2) is 52.1 Å². The number of rotatable bonds is 4. The van der Waals surface area contributed by atoms with Crippen LogP contribution < -0.4 is 5.56 Å². The number of nitrogens with zero attached hydrogens (tertiary/aromatic N) is 2. The Hall–Kier alpha value is -1.21. The Kier molecular flexibility index (Phi) is 5.09. The van der Waals surface area contributed by atoms with E-state index in [1.807, 2.05) is 0 Å². The number of carbonyl (C=O) groups is 1. The number of H-pyrrole nitrogens is 1. The number of hydrogen-bond donors (Lipinski definition) is 1. The van der Waals surface area contributed by atoms with E-state index in [2.05, 4.69) is 26.1 Å². The number of likely N-dealkylation sites (tertiary alicyclic amines) is 1. The lowest BCUT2D eigenvalue weighted by atomic mass is 10.1. The van der Waals surface area contributed by atoms with Crippen molar-refractivity contribution in [2.24, 2.45) is 0 Å². The normalized spacial score (nSPS) is 16.6. The summed E-state index contributed by atoms with van der Waals surface area (Å²) in [6.45, 7) is 2.01. The molecular weight excluding hydrogens is 314 g/mol. The first kappa shape index (κ1) is 14.2. The molecule has 104 valence electrons. The molecule has 0 unspecified atom stereocenters. The van der Waals surface area contributed by atoms with E-state index in [9.17, 15) is 9.59 Å². The third-order valence-corrected chi connectivity index (χ3v) is 3.38. The maximum atomic E-state index is 12.1. The smallest absolute Gasteiger partial charge is 0.274 e. The Bertz CT molecular complexity index is 463. The topological polar surface area (TPSA) is 75.3 Å². The summed E-state index contributed by atoms with van der Waals surface area (Å²) in [7, 11) is 0. The predicted octanol–water partition coefficient (Wildman–Crippen LogP) is 0.786. The second-order valence-corrected chi connectivity index (χ2v) is 5.15. The molecule has 1 saturated heterocycles. The summed E-state index contributed by atoms with van der Waals surface area (Å²) >= 11 is 3.32. The largest absolute Gasteiger partial charge is 0.377 e. The predicted molar refractivity (Wildman–Crippen MR) is 73.5 cm³/mol. The van der Waals surface area contributed by atoms with E-state index in [-0.39, 0.29) is 23.3 Å². The molecule has 1 aliphatic rings. The van der Waals surface area contributed by atoms with Crippen molar-refractivity contribution in [3.8, 4) is 0 Å². The van der Waals surface area contributed by atoms with Crippen LogP contribution in [0.3, 0.4) is 0 Å². The van der Waals surface area contributed by atoms with Crippen molar-refractivity contribution < 1.29 is 9.53 Å². The average molecular weight is 330 g/mol. The summed E-state index contributed by atoms with van der Waals surface area (Å²) in [4.78, 5) is 24.8. The molecule has 1 fully saturated rings. The van der Waals surface area contributed by atoms with Gasteiger partial charge in [-0.3, -0.25) is 9.59 Å². The first-order chi connectivity index (χ1) is 9.20. The van der Waals surface area contributed by atoms with Crippen LogP contribution in [0.2, 0.25) is 0 Å². The van der Waals surface area contributed by atoms with Crippen LogP contribution in [0, 0.1) is 0 Å². The minimum atomic E-state index is -0.307. The molecule has 6 nitrogen and oxygen atoms in total. The molecule has 2 rings (SSSR count). The maximum Gasteiger partial charge on any atom is 0.274 e. The third-order valence-electron chi connectivity index (χ3n) is 3.06. The summed E-state index contributed by atoms with van der Waals surface area (Å²) in [6.07, 6.45) is 1.90. The van der Waals surface area contributed by atoms with E-state index in [1.165, 1.54) is 12.1 Å². The van der Waals surface area contributed by atoms with Crippen LogP contribution >= 0.6 is 15.9 Å². The SMILES string of the molecule is O=C(c1ccc(=O)[nH]n1)N1CCC(OCCBr)CC1. The molecule has 0 saturated carbocycles. The van der Waals surface area contributed by atoms with Crippen LogP contribution in [0.15, 0.2) is 16.9 Å². The summed E-state index contributed by atoms with van der Waals surface area (Å²) in [5.74, 6) is -0.143. The van der Waals surface area contributed by atoms with Crippen molar-refractivity contribution in [2.45, 2.75) is 18.9 Å². The van der Waals surface area contributed by atoms with Gasteiger partial charge in [-0.2, -0.15) is 5.10 Å². The van der Waals surface area contributed by atoms with Gasteiger partial charge in [0.15, 0.2) is 0 Å². The average Bonchev–Trinajstić information content (AvgIpc) is 2.46.